The fourth-order valence-electron chi connectivity index (χ4n) is 2.37. The Kier molecular flexibility index (Phi) is 4.80. The Bertz CT molecular complexity index is 895. The molecule has 1 aromatic heterocycles. The highest BCUT2D eigenvalue weighted by Gasteiger charge is 2.12. The molecule has 0 saturated heterocycles. The Labute approximate surface area is 141 Å². The van der Waals surface area contributed by atoms with Crippen LogP contribution in [0.4, 0.5) is 14.5 Å². The molecule has 3 aromatic rings. The second-order valence-corrected chi connectivity index (χ2v) is 6.04. The molecule has 0 unspecified atom stereocenters. The topological polar surface area (TPSA) is 46.9 Å². The maximum absolute atomic E-state index is 13.2. The summed E-state index contributed by atoms with van der Waals surface area (Å²) in [7, 11) is 0. The van der Waals surface area contributed by atoms with E-state index in [0.29, 0.717) is 0 Å². The summed E-state index contributed by atoms with van der Waals surface area (Å²) in [4.78, 5) is 16.5. The molecule has 24 heavy (non-hydrogen) atoms. The van der Waals surface area contributed by atoms with Gasteiger partial charge in [-0.15, -0.1) is 0 Å². The highest BCUT2D eigenvalue weighted by Crippen LogP contribution is 2.24. The zero-order chi connectivity index (χ0) is 17.1. The van der Waals surface area contributed by atoms with Crippen LogP contribution in [0.5, 0.6) is 0 Å². The van der Waals surface area contributed by atoms with E-state index in [1.165, 1.54) is 17.8 Å². The van der Waals surface area contributed by atoms with Gasteiger partial charge in [0.25, 0.3) is 0 Å². The molecule has 0 aliphatic heterocycles. The van der Waals surface area contributed by atoms with Gasteiger partial charge < -0.3 is 9.88 Å². The molecule has 0 bridgehead atoms. The lowest BCUT2D eigenvalue weighted by molar-refractivity contribution is -0.113. The Morgan fingerprint density at radius 2 is 2.00 bits per heavy atom. The maximum Gasteiger partial charge on any atom is 0.234 e. The number of imidazole rings is 1. The molecule has 3 rings (SSSR count). The van der Waals surface area contributed by atoms with Gasteiger partial charge in [-0.25, -0.2) is 13.8 Å². The van der Waals surface area contributed by atoms with Crippen LogP contribution in [0, 0.1) is 11.6 Å². The Morgan fingerprint density at radius 3 is 2.75 bits per heavy atom. The molecule has 1 N–H and O–H groups in total. The second kappa shape index (κ2) is 7.00. The maximum atomic E-state index is 13.2. The number of fused-ring (bicyclic) bond motifs is 1. The number of halogens is 2. The van der Waals surface area contributed by atoms with Gasteiger partial charge in [0.05, 0.1) is 16.8 Å². The van der Waals surface area contributed by atoms with E-state index in [-0.39, 0.29) is 17.3 Å². The normalized spacial score (nSPS) is 11.0. The van der Waals surface area contributed by atoms with Crippen molar-refractivity contribution in [3.8, 4) is 0 Å². The number of nitrogens with zero attached hydrogens (tertiary/aromatic N) is 2. The number of aryl methyl sites for hydroxylation is 1. The number of carbonyl (C=O) groups is 1. The molecule has 0 aliphatic carbocycles. The predicted octanol–water partition coefficient (Wildman–Crippen LogP) is 4.07. The van der Waals surface area contributed by atoms with E-state index in [1.54, 1.807) is 0 Å². The number of anilines is 1. The van der Waals surface area contributed by atoms with Crippen LogP contribution in [0.3, 0.4) is 0 Å². The van der Waals surface area contributed by atoms with Crippen molar-refractivity contribution >= 4 is 34.4 Å². The third-order valence-corrected chi connectivity index (χ3v) is 4.45. The molecule has 0 fully saturated rings. The van der Waals surface area contributed by atoms with E-state index >= 15 is 0 Å². The summed E-state index contributed by atoms with van der Waals surface area (Å²) in [5.74, 6) is -2.12. The van der Waals surface area contributed by atoms with E-state index in [9.17, 15) is 13.6 Å². The SMILES string of the molecule is CCn1c(SCC(=O)Nc2ccc(F)c(F)c2)nc2ccccc21. The minimum absolute atomic E-state index is 0.127. The summed E-state index contributed by atoms with van der Waals surface area (Å²) in [6.45, 7) is 2.76. The summed E-state index contributed by atoms with van der Waals surface area (Å²) in [5.41, 5.74) is 2.12. The van der Waals surface area contributed by atoms with Gasteiger partial charge in [-0.2, -0.15) is 0 Å². The van der Waals surface area contributed by atoms with Crippen LogP contribution in [0.2, 0.25) is 0 Å². The molecular formula is C17H15F2N3OS. The Balaban J connectivity index is 1.69. The van der Waals surface area contributed by atoms with Crippen molar-refractivity contribution in [2.45, 2.75) is 18.6 Å². The van der Waals surface area contributed by atoms with Crippen molar-refractivity contribution < 1.29 is 13.6 Å². The molecule has 0 spiro atoms. The van der Waals surface area contributed by atoms with Crippen molar-refractivity contribution in [3.63, 3.8) is 0 Å². The monoisotopic (exact) mass is 347 g/mol. The predicted molar refractivity (Wildman–Crippen MR) is 91.1 cm³/mol. The Hall–Kier alpha value is -2.41. The number of nitrogens with one attached hydrogen (secondary N) is 1. The van der Waals surface area contributed by atoms with Crippen LogP contribution in [0.1, 0.15) is 6.92 Å². The standard InChI is InChI=1S/C17H15F2N3OS/c1-2-22-15-6-4-3-5-14(15)21-17(22)24-10-16(23)20-11-7-8-12(18)13(19)9-11/h3-9H,2,10H2,1H3,(H,20,23). The molecule has 0 saturated carbocycles. The largest absolute Gasteiger partial charge is 0.325 e. The average molecular weight is 347 g/mol. The van der Waals surface area contributed by atoms with Crippen LogP contribution in [0.25, 0.3) is 11.0 Å². The van der Waals surface area contributed by atoms with Crippen LogP contribution in [-0.4, -0.2) is 21.2 Å². The van der Waals surface area contributed by atoms with Crippen molar-refractivity contribution in [3.05, 3.63) is 54.1 Å². The number of benzene rings is 2. The van der Waals surface area contributed by atoms with Crippen LogP contribution in [-0.2, 0) is 11.3 Å². The molecule has 124 valence electrons. The van der Waals surface area contributed by atoms with E-state index in [1.807, 2.05) is 35.8 Å². The highest BCUT2D eigenvalue weighted by molar-refractivity contribution is 7.99. The summed E-state index contributed by atoms with van der Waals surface area (Å²) in [5, 5.41) is 3.30. The van der Waals surface area contributed by atoms with E-state index in [0.717, 1.165) is 34.9 Å². The van der Waals surface area contributed by atoms with Gasteiger partial charge in [-0.1, -0.05) is 23.9 Å². The number of carbonyl (C=O) groups excluding carboxylic acids is 1. The number of hydrogen-bond acceptors (Lipinski definition) is 3. The van der Waals surface area contributed by atoms with Gasteiger partial charge in [0, 0.05) is 18.3 Å². The summed E-state index contributed by atoms with van der Waals surface area (Å²) in [6.07, 6.45) is 0. The van der Waals surface area contributed by atoms with E-state index in [2.05, 4.69) is 10.3 Å². The lowest BCUT2D eigenvalue weighted by Crippen LogP contribution is -2.14. The highest BCUT2D eigenvalue weighted by atomic mass is 32.2. The first kappa shape index (κ1) is 16.4. The number of thioether (sulfide) groups is 1. The van der Waals surface area contributed by atoms with Gasteiger partial charge in [-0.3, -0.25) is 4.79 Å². The molecule has 1 heterocycles. The summed E-state index contributed by atoms with van der Waals surface area (Å²) < 4.78 is 28.1. The minimum Gasteiger partial charge on any atom is -0.325 e. The molecule has 1 amide bonds. The van der Waals surface area contributed by atoms with Crippen molar-refractivity contribution in [1.29, 1.82) is 0 Å². The zero-order valence-electron chi connectivity index (χ0n) is 12.9. The lowest BCUT2D eigenvalue weighted by atomic mass is 10.3. The van der Waals surface area contributed by atoms with Gasteiger partial charge in [0.2, 0.25) is 5.91 Å². The van der Waals surface area contributed by atoms with Crippen molar-refractivity contribution in [2.24, 2.45) is 0 Å². The minimum atomic E-state index is -0.992. The van der Waals surface area contributed by atoms with Crippen molar-refractivity contribution in [1.82, 2.24) is 9.55 Å². The molecule has 4 nitrogen and oxygen atoms in total. The van der Waals surface area contributed by atoms with Crippen molar-refractivity contribution in [2.75, 3.05) is 11.1 Å². The fourth-order valence-corrected chi connectivity index (χ4v) is 3.25. The molecule has 0 aliphatic rings. The first-order valence-electron chi connectivity index (χ1n) is 7.41. The average Bonchev–Trinajstić information content (AvgIpc) is 2.94. The third-order valence-electron chi connectivity index (χ3n) is 3.47. The van der Waals surface area contributed by atoms with Gasteiger partial charge >= 0.3 is 0 Å². The molecule has 0 radical (unpaired) electrons. The summed E-state index contributed by atoms with van der Waals surface area (Å²) in [6, 6.07) is 11.0. The van der Waals surface area contributed by atoms with Crippen LogP contribution < -0.4 is 5.32 Å². The number of amides is 1. The van der Waals surface area contributed by atoms with Crippen LogP contribution >= 0.6 is 11.8 Å². The first-order chi connectivity index (χ1) is 11.6. The molecule has 7 heteroatoms. The number of aromatic nitrogens is 2. The van der Waals surface area contributed by atoms with E-state index in [4.69, 9.17) is 0 Å². The fraction of sp³-hybridized carbons (Fsp3) is 0.176. The van der Waals surface area contributed by atoms with Gasteiger partial charge in [0.1, 0.15) is 0 Å². The Morgan fingerprint density at radius 1 is 1.21 bits per heavy atom. The van der Waals surface area contributed by atoms with E-state index < -0.39 is 11.6 Å². The van der Waals surface area contributed by atoms with Gasteiger partial charge in [0.15, 0.2) is 16.8 Å². The quantitative estimate of drug-likeness (QED) is 0.708. The molecular weight excluding hydrogens is 332 g/mol. The number of para-hydroxylation sites is 2. The third kappa shape index (κ3) is 3.41. The summed E-state index contributed by atoms with van der Waals surface area (Å²) >= 11 is 1.30. The zero-order valence-corrected chi connectivity index (χ0v) is 13.7. The number of hydrogen-bond donors (Lipinski definition) is 1. The lowest BCUT2D eigenvalue weighted by Gasteiger charge is -2.07. The molecule has 2 aromatic carbocycles. The molecule has 0 atom stereocenters. The van der Waals surface area contributed by atoms with Crippen LogP contribution in [0.15, 0.2) is 47.6 Å². The first-order valence-corrected chi connectivity index (χ1v) is 8.40. The smallest absolute Gasteiger partial charge is 0.234 e. The van der Waals surface area contributed by atoms with Gasteiger partial charge in [-0.05, 0) is 31.2 Å². The number of rotatable bonds is 5. The second-order valence-electron chi connectivity index (χ2n) is 5.09.